The highest BCUT2D eigenvalue weighted by molar-refractivity contribution is 7.86. The molecule has 0 amide bonds. The zero-order chi connectivity index (χ0) is 26.1. The minimum atomic E-state index is -4.92. The highest BCUT2D eigenvalue weighted by atomic mass is 32.2. The SMILES string of the molecule is CC(C)=CCC/C(C)=C/CC/C(C)=C/COc1c(F)c(O)c(S(=O)(=O)OCC(C)C)c(F)c1F. The van der Waals surface area contributed by atoms with Crippen LogP contribution < -0.4 is 4.74 Å². The molecule has 0 aliphatic rings. The monoisotopic (exact) mass is 504 g/mol. The van der Waals surface area contributed by atoms with Crippen molar-refractivity contribution in [3.63, 3.8) is 0 Å². The van der Waals surface area contributed by atoms with Crippen molar-refractivity contribution in [2.75, 3.05) is 13.2 Å². The van der Waals surface area contributed by atoms with Gasteiger partial charge in [0.1, 0.15) is 6.61 Å². The van der Waals surface area contributed by atoms with Gasteiger partial charge < -0.3 is 9.84 Å². The first-order chi connectivity index (χ1) is 15.8. The molecule has 0 unspecified atom stereocenters. The van der Waals surface area contributed by atoms with E-state index in [2.05, 4.69) is 37.1 Å². The summed E-state index contributed by atoms with van der Waals surface area (Å²) >= 11 is 0. The molecule has 0 saturated heterocycles. The smallest absolute Gasteiger partial charge is 0.303 e. The van der Waals surface area contributed by atoms with E-state index in [4.69, 9.17) is 4.74 Å². The molecule has 0 bridgehead atoms. The molecule has 1 aromatic rings. The molecular weight excluding hydrogens is 469 g/mol. The summed E-state index contributed by atoms with van der Waals surface area (Å²) in [5.41, 5.74) is 3.44. The summed E-state index contributed by atoms with van der Waals surface area (Å²) < 4.78 is 77.1. The van der Waals surface area contributed by atoms with Gasteiger partial charge in [-0.2, -0.15) is 17.2 Å². The number of aromatic hydroxyl groups is 1. The van der Waals surface area contributed by atoms with Gasteiger partial charge in [0, 0.05) is 0 Å². The Balaban J connectivity index is 2.85. The van der Waals surface area contributed by atoms with Crippen LogP contribution >= 0.6 is 0 Å². The van der Waals surface area contributed by atoms with Crippen molar-refractivity contribution in [2.24, 2.45) is 5.92 Å². The molecule has 0 saturated carbocycles. The lowest BCUT2D eigenvalue weighted by Gasteiger charge is -2.14. The highest BCUT2D eigenvalue weighted by Crippen LogP contribution is 2.38. The van der Waals surface area contributed by atoms with Crippen LogP contribution in [0.1, 0.15) is 67.2 Å². The topological polar surface area (TPSA) is 72.8 Å². The minimum absolute atomic E-state index is 0.255. The first-order valence-corrected chi connectivity index (χ1v) is 12.5. The Hall–Kier alpha value is -2.26. The molecule has 1 N–H and O–H groups in total. The fourth-order valence-corrected chi connectivity index (χ4v) is 4.06. The summed E-state index contributed by atoms with van der Waals surface area (Å²) in [6, 6.07) is 0. The number of ether oxygens (including phenoxy) is 1. The number of rotatable bonds is 13. The van der Waals surface area contributed by atoms with E-state index in [-0.39, 0.29) is 19.1 Å². The van der Waals surface area contributed by atoms with Crippen LogP contribution in [0.3, 0.4) is 0 Å². The fourth-order valence-electron chi connectivity index (χ4n) is 2.85. The van der Waals surface area contributed by atoms with Crippen LogP contribution in [0.5, 0.6) is 11.5 Å². The van der Waals surface area contributed by atoms with Crippen molar-refractivity contribution in [1.82, 2.24) is 0 Å². The molecule has 5 nitrogen and oxygen atoms in total. The quantitative estimate of drug-likeness (QED) is 0.178. The predicted octanol–water partition coefficient (Wildman–Crippen LogP) is 6.97. The van der Waals surface area contributed by atoms with Gasteiger partial charge in [0.05, 0.1) is 6.61 Å². The maximum Gasteiger partial charge on any atom is 0.303 e. The van der Waals surface area contributed by atoms with Crippen molar-refractivity contribution < 1.29 is 35.6 Å². The third-order valence-electron chi connectivity index (χ3n) is 4.80. The first kappa shape index (κ1) is 29.8. The summed E-state index contributed by atoms with van der Waals surface area (Å²) in [4.78, 5) is -1.59. The summed E-state index contributed by atoms with van der Waals surface area (Å²) in [6.45, 7) is 10.6. The Kier molecular flexibility index (Phi) is 11.9. The van der Waals surface area contributed by atoms with E-state index >= 15 is 0 Å². The summed E-state index contributed by atoms with van der Waals surface area (Å²) in [6.07, 6.45) is 9.32. The average Bonchev–Trinajstić information content (AvgIpc) is 2.73. The number of benzene rings is 1. The molecule has 0 heterocycles. The van der Waals surface area contributed by atoms with E-state index in [9.17, 15) is 26.7 Å². The minimum Gasteiger partial charge on any atom is -0.504 e. The zero-order valence-electron chi connectivity index (χ0n) is 20.7. The molecule has 1 rings (SSSR count). The molecule has 0 atom stereocenters. The van der Waals surface area contributed by atoms with Gasteiger partial charge in [-0.05, 0) is 65.4 Å². The van der Waals surface area contributed by atoms with Crippen LogP contribution in [0.15, 0.2) is 39.8 Å². The van der Waals surface area contributed by atoms with Gasteiger partial charge in [0.2, 0.25) is 11.6 Å². The molecule has 0 spiro atoms. The van der Waals surface area contributed by atoms with E-state index in [1.54, 1.807) is 19.9 Å². The third kappa shape index (κ3) is 9.18. The van der Waals surface area contributed by atoms with Crippen molar-refractivity contribution in [1.29, 1.82) is 0 Å². The Bertz CT molecular complexity index is 1010. The molecular formula is C25H35F3O5S. The normalized spacial score (nSPS) is 12.9. The van der Waals surface area contributed by atoms with E-state index in [0.29, 0.717) is 6.42 Å². The summed E-state index contributed by atoms with van der Waals surface area (Å²) in [5.74, 6) is -8.58. The average molecular weight is 505 g/mol. The van der Waals surface area contributed by atoms with Crippen LogP contribution in [-0.2, 0) is 14.3 Å². The summed E-state index contributed by atoms with van der Waals surface area (Å²) in [5, 5.41) is 9.91. The number of hydrogen-bond donors (Lipinski definition) is 1. The van der Waals surface area contributed by atoms with Crippen LogP contribution in [0.25, 0.3) is 0 Å². The predicted molar refractivity (Wildman–Crippen MR) is 127 cm³/mol. The maximum atomic E-state index is 14.5. The molecule has 0 aliphatic carbocycles. The maximum absolute atomic E-state index is 14.5. The van der Waals surface area contributed by atoms with Gasteiger partial charge in [-0.15, -0.1) is 0 Å². The number of hydrogen-bond acceptors (Lipinski definition) is 5. The molecule has 34 heavy (non-hydrogen) atoms. The molecule has 192 valence electrons. The Labute approximate surface area is 201 Å². The Morgan fingerprint density at radius 2 is 1.47 bits per heavy atom. The van der Waals surface area contributed by atoms with Gasteiger partial charge in [-0.3, -0.25) is 4.18 Å². The molecule has 0 aliphatic heterocycles. The lowest BCUT2D eigenvalue weighted by atomic mass is 10.1. The summed E-state index contributed by atoms with van der Waals surface area (Å²) in [7, 11) is -4.92. The van der Waals surface area contributed by atoms with Gasteiger partial charge in [0.25, 0.3) is 0 Å². The lowest BCUT2D eigenvalue weighted by Crippen LogP contribution is -2.15. The number of phenolic OH excluding ortho intramolecular Hbond substituents is 1. The second-order valence-electron chi connectivity index (χ2n) is 8.85. The van der Waals surface area contributed by atoms with Crippen LogP contribution in [-0.4, -0.2) is 26.7 Å². The van der Waals surface area contributed by atoms with Gasteiger partial charge in [-0.1, -0.05) is 42.7 Å². The molecule has 9 heteroatoms. The van der Waals surface area contributed by atoms with Crippen molar-refractivity contribution in [2.45, 2.75) is 72.1 Å². The van der Waals surface area contributed by atoms with E-state index < -0.39 is 44.0 Å². The first-order valence-electron chi connectivity index (χ1n) is 11.1. The van der Waals surface area contributed by atoms with E-state index in [0.717, 1.165) is 24.8 Å². The number of allylic oxidation sites excluding steroid dienone is 5. The molecule has 0 fully saturated rings. The van der Waals surface area contributed by atoms with Crippen molar-refractivity contribution in [3.05, 3.63) is 52.4 Å². The second kappa shape index (κ2) is 13.6. The molecule has 0 radical (unpaired) electrons. The largest absolute Gasteiger partial charge is 0.504 e. The van der Waals surface area contributed by atoms with Gasteiger partial charge in [0.15, 0.2) is 22.2 Å². The fraction of sp³-hybridized carbons (Fsp3) is 0.520. The van der Waals surface area contributed by atoms with Crippen LogP contribution in [0.2, 0.25) is 0 Å². The van der Waals surface area contributed by atoms with Crippen molar-refractivity contribution in [3.8, 4) is 11.5 Å². The third-order valence-corrected chi connectivity index (χ3v) is 6.12. The van der Waals surface area contributed by atoms with E-state index in [1.807, 2.05) is 6.92 Å². The zero-order valence-corrected chi connectivity index (χ0v) is 21.5. The second-order valence-corrected chi connectivity index (χ2v) is 10.4. The Morgan fingerprint density at radius 1 is 0.912 bits per heavy atom. The van der Waals surface area contributed by atoms with Gasteiger partial charge in [-0.25, -0.2) is 4.39 Å². The Morgan fingerprint density at radius 3 is 2.03 bits per heavy atom. The number of halogens is 3. The highest BCUT2D eigenvalue weighted by Gasteiger charge is 2.34. The standard InChI is InChI=1S/C25H35F3O5S/c1-16(2)9-7-10-18(5)11-8-12-19(6)13-14-32-24-20(26)21(27)25(23(29)22(24)28)34(30,31)33-15-17(3)4/h9,11,13,17,29H,7-8,10,12,14-15H2,1-6H3/b18-11+,19-13+. The lowest BCUT2D eigenvalue weighted by molar-refractivity contribution is 0.265. The molecule has 0 aromatic heterocycles. The van der Waals surface area contributed by atoms with Gasteiger partial charge >= 0.3 is 10.1 Å². The van der Waals surface area contributed by atoms with Crippen LogP contribution in [0.4, 0.5) is 13.2 Å². The number of phenols is 1. The van der Waals surface area contributed by atoms with Crippen molar-refractivity contribution >= 4 is 10.1 Å². The van der Waals surface area contributed by atoms with E-state index in [1.165, 1.54) is 11.1 Å². The van der Waals surface area contributed by atoms with Crippen LogP contribution in [0, 0.1) is 23.4 Å². The molecule has 1 aromatic carbocycles.